The van der Waals surface area contributed by atoms with Crippen molar-refractivity contribution in [3.05, 3.63) is 40.7 Å². The number of fused-ring (bicyclic) bond motifs is 1. The van der Waals surface area contributed by atoms with Crippen LogP contribution in [-0.2, 0) is 14.8 Å². The van der Waals surface area contributed by atoms with E-state index in [1.165, 1.54) is 21.7 Å². The highest BCUT2D eigenvalue weighted by Crippen LogP contribution is 2.34. The first-order valence-corrected chi connectivity index (χ1v) is 15.0. The van der Waals surface area contributed by atoms with E-state index in [2.05, 4.69) is 18.7 Å². The summed E-state index contributed by atoms with van der Waals surface area (Å²) in [7, 11) is -3.82. The predicted octanol–water partition coefficient (Wildman–Crippen LogP) is 4.93. The van der Waals surface area contributed by atoms with E-state index in [0.717, 1.165) is 47.5 Å². The highest BCUT2D eigenvalue weighted by atomic mass is 35.5. The van der Waals surface area contributed by atoms with E-state index in [0.29, 0.717) is 35.5 Å². The first-order chi connectivity index (χ1) is 16.3. The van der Waals surface area contributed by atoms with Crippen LogP contribution in [0.4, 0.5) is 5.13 Å². The molecule has 0 spiro atoms. The van der Waals surface area contributed by atoms with E-state index >= 15 is 0 Å². The van der Waals surface area contributed by atoms with Crippen LogP contribution in [0, 0.1) is 0 Å². The fourth-order valence-electron chi connectivity index (χ4n) is 4.23. The number of sulfonamides is 1. The van der Waals surface area contributed by atoms with Gasteiger partial charge in [-0.15, -0.1) is 11.3 Å². The van der Waals surface area contributed by atoms with E-state index < -0.39 is 16.1 Å². The van der Waals surface area contributed by atoms with Gasteiger partial charge in [0.25, 0.3) is 10.0 Å². The number of aromatic nitrogens is 1. The Labute approximate surface area is 214 Å². The first kappa shape index (κ1) is 25.5. The van der Waals surface area contributed by atoms with Crippen molar-refractivity contribution in [3.8, 4) is 0 Å². The third kappa shape index (κ3) is 5.32. The van der Waals surface area contributed by atoms with Crippen LogP contribution in [0.1, 0.15) is 33.1 Å². The van der Waals surface area contributed by atoms with Crippen molar-refractivity contribution in [2.24, 2.45) is 0 Å². The Kier molecular flexibility index (Phi) is 8.27. The second-order valence-corrected chi connectivity index (χ2v) is 13.0. The first-order valence-electron chi connectivity index (χ1n) is 11.5. The number of hydrogen-bond donors (Lipinski definition) is 0. The molecule has 1 amide bonds. The molecular formula is C23H29ClN4O3S3. The minimum atomic E-state index is -3.82. The number of anilines is 1. The lowest BCUT2D eigenvalue weighted by Crippen LogP contribution is -2.54. The van der Waals surface area contributed by atoms with Crippen LogP contribution in [0.2, 0.25) is 4.34 Å². The monoisotopic (exact) mass is 540 g/mol. The molecule has 1 aromatic carbocycles. The van der Waals surface area contributed by atoms with Crippen LogP contribution in [-0.4, -0.2) is 67.3 Å². The SMILES string of the molecule is CCN(CC)CCN(C(=O)C1CCCCN1S(=O)(=O)c1ccc(Cl)s1)c1nc2ccccc2s1. The Morgan fingerprint density at radius 1 is 1.12 bits per heavy atom. The summed E-state index contributed by atoms with van der Waals surface area (Å²) < 4.78 is 29.9. The summed E-state index contributed by atoms with van der Waals surface area (Å²) in [6.07, 6.45) is 2.02. The summed E-state index contributed by atoms with van der Waals surface area (Å²) in [4.78, 5) is 22.7. The van der Waals surface area contributed by atoms with E-state index in [1.54, 1.807) is 11.0 Å². The van der Waals surface area contributed by atoms with Gasteiger partial charge >= 0.3 is 0 Å². The second-order valence-electron chi connectivity index (χ2n) is 8.17. The molecule has 0 N–H and O–H groups in total. The molecule has 2 aromatic heterocycles. The molecule has 34 heavy (non-hydrogen) atoms. The molecule has 1 fully saturated rings. The van der Waals surface area contributed by atoms with Crippen molar-refractivity contribution in [2.45, 2.75) is 43.4 Å². The van der Waals surface area contributed by atoms with Gasteiger partial charge in [0.2, 0.25) is 5.91 Å². The van der Waals surface area contributed by atoms with Crippen molar-refractivity contribution in [2.75, 3.05) is 37.6 Å². The number of amides is 1. The average molecular weight is 541 g/mol. The number of thiophene rings is 1. The summed E-state index contributed by atoms with van der Waals surface area (Å²) in [6, 6.07) is 10.1. The number of benzene rings is 1. The molecule has 4 rings (SSSR count). The zero-order valence-corrected chi connectivity index (χ0v) is 22.5. The molecule has 1 aliphatic rings. The maximum absolute atomic E-state index is 14.0. The number of para-hydroxylation sites is 1. The van der Waals surface area contributed by atoms with Gasteiger partial charge < -0.3 is 4.90 Å². The molecule has 1 unspecified atom stereocenters. The lowest BCUT2D eigenvalue weighted by Gasteiger charge is -2.36. The molecular weight excluding hydrogens is 512 g/mol. The number of rotatable bonds is 9. The summed E-state index contributed by atoms with van der Waals surface area (Å²) in [6.45, 7) is 7.40. The Morgan fingerprint density at radius 3 is 2.56 bits per heavy atom. The van der Waals surface area contributed by atoms with Gasteiger partial charge in [0.15, 0.2) is 5.13 Å². The Balaban J connectivity index is 1.68. The van der Waals surface area contributed by atoms with Gasteiger partial charge in [-0.3, -0.25) is 9.69 Å². The van der Waals surface area contributed by atoms with Gasteiger partial charge in [0.1, 0.15) is 10.3 Å². The molecule has 1 atom stereocenters. The number of halogens is 1. The van der Waals surface area contributed by atoms with Crippen LogP contribution in [0.25, 0.3) is 10.2 Å². The third-order valence-corrected chi connectivity index (χ3v) is 10.8. The summed E-state index contributed by atoms with van der Waals surface area (Å²) >= 11 is 8.51. The topological polar surface area (TPSA) is 73.8 Å². The number of piperidine rings is 1. The van der Waals surface area contributed by atoms with Gasteiger partial charge in [0.05, 0.1) is 14.6 Å². The molecule has 3 heterocycles. The van der Waals surface area contributed by atoms with Gasteiger partial charge in [-0.05, 0) is 50.2 Å². The molecule has 0 bridgehead atoms. The predicted molar refractivity (Wildman–Crippen MR) is 141 cm³/mol. The zero-order chi connectivity index (χ0) is 24.3. The molecule has 0 aliphatic carbocycles. The number of thiazole rings is 1. The van der Waals surface area contributed by atoms with Crippen molar-refractivity contribution < 1.29 is 13.2 Å². The smallest absolute Gasteiger partial charge is 0.253 e. The lowest BCUT2D eigenvalue weighted by atomic mass is 10.0. The molecule has 1 saturated heterocycles. The van der Waals surface area contributed by atoms with E-state index in [9.17, 15) is 13.2 Å². The number of carbonyl (C=O) groups is 1. The van der Waals surface area contributed by atoms with Crippen LogP contribution in [0.3, 0.4) is 0 Å². The standard InChI is InChI=1S/C23H29ClN4O3S3/c1-3-26(4-2)15-16-27(23-25-17-9-5-6-11-19(17)32-23)22(29)18-10-7-8-14-28(18)34(30,31)21-13-12-20(24)33-21/h5-6,9,11-13,18H,3-4,7-8,10,14-16H2,1-2H3. The molecule has 0 radical (unpaired) electrons. The minimum Gasteiger partial charge on any atom is -0.302 e. The molecule has 184 valence electrons. The van der Waals surface area contributed by atoms with Crippen LogP contribution < -0.4 is 4.90 Å². The van der Waals surface area contributed by atoms with Gasteiger partial charge in [0, 0.05) is 19.6 Å². The quantitative estimate of drug-likeness (QED) is 0.385. The zero-order valence-electron chi connectivity index (χ0n) is 19.3. The number of likely N-dealkylation sites (N-methyl/N-ethyl adjacent to an activating group) is 1. The maximum atomic E-state index is 14.0. The normalized spacial score (nSPS) is 17.5. The Hall–Kier alpha value is -1.56. The van der Waals surface area contributed by atoms with Gasteiger partial charge in [-0.25, -0.2) is 13.4 Å². The fraction of sp³-hybridized carbons (Fsp3) is 0.478. The number of carbonyl (C=O) groups excluding carboxylic acids is 1. The third-order valence-electron chi connectivity index (χ3n) is 6.16. The van der Waals surface area contributed by atoms with Crippen molar-refractivity contribution in [1.29, 1.82) is 0 Å². The van der Waals surface area contributed by atoms with E-state index in [1.807, 2.05) is 24.3 Å². The highest BCUT2D eigenvalue weighted by molar-refractivity contribution is 7.91. The van der Waals surface area contributed by atoms with E-state index in [-0.39, 0.29) is 10.1 Å². The second kappa shape index (κ2) is 11.0. The maximum Gasteiger partial charge on any atom is 0.253 e. The number of nitrogens with zero attached hydrogens (tertiary/aromatic N) is 4. The molecule has 11 heteroatoms. The fourth-order valence-corrected chi connectivity index (χ4v) is 8.49. The molecule has 1 aliphatic heterocycles. The minimum absolute atomic E-state index is 0.173. The van der Waals surface area contributed by atoms with Crippen LogP contribution in [0.5, 0.6) is 0 Å². The molecule has 7 nitrogen and oxygen atoms in total. The van der Waals surface area contributed by atoms with Crippen LogP contribution in [0.15, 0.2) is 40.6 Å². The summed E-state index contributed by atoms with van der Waals surface area (Å²) in [5, 5.41) is 0.612. The van der Waals surface area contributed by atoms with E-state index in [4.69, 9.17) is 16.6 Å². The summed E-state index contributed by atoms with van der Waals surface area (Å²) in [5.74, 6) is -0.211. The Morgan fingerprint density at radius 2 is 1.88 bits per heavy atom. The average Bonchev–Trinajstić information content (AvgIpc) is 3.48. The lowest BCUT2D eigenvalue weighted by molar-refractivity contribution is -0.123. The largest absolute Gasteiger partial charge is 0.302 e. The van der Waals surface area contributed by atoms with Crippen molar-refractivity contribution in [1.82, 2.24) is 14.2 Å². The van der Waals surface area contributed by atoms with Crippen molar-refractivity contribution in [3.63, 3.8) is 0 Å². The Bertz CT molecular complexity index is 1210. The van der Waals surface area contributed by atoms with Gasteiger partial charge in [-0.1, -0.05) is 55.3 Å². The number of hydrogen-bond acceptors (Lipinski definition) is 7. The van der Waals surface area contributed by atoms with Crippen molar-refractivity contribution >= 4 is 65.6 Å². The molecule has 3 aromatic rings. The van der Waals surface area contributed by atoms with Gasteiger partial charge in [-0.2, -0.15) is 4.31 Å². The summed E-state index contributed by atoms with van der Waals surface area (Å²) in [5.41, 5.74) is 0.837. The molecule has 0 saturated carbocycles. The van der Waals surface area contributed by atoms with Crippen LogP contribution >= 0.6 is 34.3 Å². The highest BCUT2D eigenvalue weighted by Gasteiger charge is 2.41.